The average molecular weight is 418 g/mol. The third-order valence-corrected chi connectivity index (χ3v) is 4.93. The first-order chi connectivity index (χ1) is 15.3. The third kappa shape index (κ3) is 6.26. The maximum atomic E-state index is 5.97. The van der Waals surface area contributed by atoms with Crippen molar-refractivity contribution in [1.29, 1.82) is 0 Å². The zero-order chi connectivity index (χ0) is 21.3. The molecule has 31 heavy (non-hydrogen) atoms. The van der Waals surface area contributed by atoms with Crippen LogP contribution in [-0.4, -0.2) is 49.1 Å². The lowest BCUT2D eigenvalue weighted by Gasteiger charge is -2.29. The molecule has 7 nitrogen and oxygen atoms in total. The summed E-state index contributed by atoms with van der Waals surface area (Å²) >= 11 is 0. The molecule has 0 atom stereocenters. The summed E-state index contributed by atoms with van der Waals surface area (Å²) in [7, 11) is 0. The van der Waals surface area contributed by atoms with Gasteiger partial charge in [0.05, 0.1) is 37.4 Å². The Hall–Kier alpha value is -3.45. The van der Waals surface area contributed by atoms with Crippen LogP contribution in [0.5, 0.6) is 5.88 Å². The quantitative estimate of drug-likeness (QED) is 0.445. The van der Waals surface area contributed by atoms with Crippen molar-refractivity contribution in [2.75, 3.05) is 43.2 Å². The van der Waals surface area contributed by atoms with Crippen LogP contribution in [0.3, 0.4) is 0 Å². The molecule has 2 aromatic heterocycles. The Morgan fingerprint density at radius 3 is 2.84 bits per heavy atom. The third-order valence-electron chi connectivity index (χ3n) is 4.93. The summed E-state index contributed by atoms with van der Waals surface area (Å²) in [6.45, 7) is 5.68. The van der Waals surface area contributed by atoms with Crippen LogP contribution in [0, 0.1) is 6.92 Å². The second kappa shape index (κ2) is 10.5. The van der Waals surface area contributed by atoms with Crippen molar-refractivity contribution in [1.82, 2.24) is 9.97 Å². The first-order valence-corrected chi connectivity index (χ1v) is 10.5. The van der Waals surface area contributed by atoms with Gasteiger partial charge in [-0.15, -0.1) is 0 Å². The molecule has 0 unspecified atom stereocenters. The van der Waals surface area contributed by atoms with Gasteiger partial charge in [-0.25, -0.2) is 4.98 Å². The van der Waals surface area contributed by atoms with Crippen LogP contribution in [0.25, 0.3) is 0 Å². The fourth-order valence-corrected chi connectivity index (χ4v) is 3.35. The van der Waals surface area contributed by atoms with E-state index >= 15 is 0 Å². The summed E-state index contributed by atoms with van der Waals surface area (Å²) in [5.74, 6) is 0.580. The Kier molecular flexibility index (Phi) is 7.08. The summed E-state index contributed by atoms with van der Waals surface area (Å²) in [5, 5.41) is 4.36. The van der Waals surface area contributed by atoms with Gasteiger partial charge in [0, 0.05) is 43.2 Å². The summed E-state index contributed by atoms with van der Waals surface area (Å²) in [5.41, 5.74) is 7.97. The highest BCUT2D eigenvalue weighted by Gasteiger charge is 2.14. The van der Waals surface area contributed by atoms with Gasteiger partial charge in [0.2, 0.25) is 5.88 Å². The molecule has 0 radical (unpaired) electrons. The highest BCUT2D eigenvalue weighted by atomic mass is 16.5. The SMILES string of the molecule is Cc1cccc(N/N=C/c2cc(N3CCOCC3)cc(OCCc3ccccn3)n2)c1. The van der Waals surface area contributed by atoms with Crippen LogP contribution >= 0.6 is 0 Å². The predicted octanol–water partition coefficient (Wildman–Crippen LogP) is 3.69. The van der Waals surface area contributed by atoms with Gasteiger partial charge < -0.3 is 14.4 Å². The zero-order valence-corrected chi connectivity index (χ0v) is 17.7. The lowest BCUT2D eigenvalue weighted by atomic mass is 10.2. The molecule has 7 heteroatoms. The standard InChI is InChI=1S/C24H27N5O2/c1-19-5-4-7-21(15-19)28-26-18-22-16-23(29-10-13-30-14-11-29)17-24(27-22)31-12-8-20-6-2-3-9-25-20/h2-7,9,15-18,28H,8,10-14H2,1H3/b26-18+. The molecule has 0 amide bonds. The van der Waals surface area contributed by atoms with Gasteiger partial charge in [-0.3, -0.25) is 10.4 Å². The van der Waals surface area contributed by atoms with E-state index in [2.05, 4.69) is 38.4 Å². The molecule has 0 aliphatic carbocycles. The van der Waals surface area contributed by atoms with Crippen molar-refractivity contribution < 1.29 is 9.47 Å². The number of morpholine rings is 1. The molecule has 3 aromatic rings. The van der Waals surface area contributed by atoms with Crippen molar-refractivity contribution in [3.63, 3.8) is 0 Å². The van der Waals surface area contributed by atoms with E-state index in [1.165, 1.54) is 5.56 Å². The molecule has 0 saturated carbocycles. The van der Waals surface area contributed by atoms with E-state index in [4.69, 9.17) is 9.47 Å². The van der Waals surface area contributed by atoms with Crippen LogP contribution in [0.4, 0.5) is 11.4 Å². The van der Waals surface area contributed by atoms with E-state index in [-0.39, 0.29) is 0 Å². The number of aromatic nitrogens is 2. The number of rotatable bonds is 8. The molecular weight excluding hydrogens is 390 g/mol. The second-order valence-corrected chi connectivity index (χ2v) is 7.35. The molecule has 1 aromatic carbocycles. The lowest BCUT2D eigenvalue weighted by molar-refractivity contribution is 0.122. The highest BCUT2D eigenvalue weighted by molar-refractivity contribution is 5.80. The fourth-order valence-electron chi connectivity index (χ4n) is 3.35. The fraction of sp³-hybridized carbons (Fsp3) is 0.292. The summed E-state index contributed by atoms with van der Waals surface area (Å²) < 4.78 is 11.5. The van der Waals surface area contributed by atoms with Crippen molar-refractivity contribution in [2.24, 2.45) is 5.10 Å². The molecule has 0 spiro atoms. The lowest BCUT2D eigenvalue weighted by Crippen LogP contribution is -2.36. The van der Waals surface area contributed by atoms with Gasteiger partial charge in [-0.05, 0) is 42.8 Å². The van der Waals surface area contributed by atoms with Gasteiger partial charge >= 0.3 is 0 Å². The first kappa shape index (κ1) is 20.8. The molecule has 1 aliphatic rings. The molecule has 160 valence electrons. The molecule has 3 heterocycles. The van der Waals surface area contributed by atoms with Crippen LogP contribution in [0.15, 0.2) is 65.9 Å². The summed E-state index contributed by atoms with van der Waals surface area (Å²) in [4.78, 5) is 11.2. The van der Waals surface area contributed by atoms with Crippen LogP contribution in [-0.2, 0) is 11.2 Å². The minimum absolute atomic E-state index is 0.509. The van der Waals surface area contributed by atoms with Crippen molar-refractivity contribution in [3.05, 3.63) is 77.7 Å². The number of hydrogen-bond donors (Lipinski definition) is 1. The number of benzene rings is 1. The molecule has 0 bridgehead atoms. The maximum absolute atomic E-state index is 5.97. The molecule has 4 rings (SSSR count). The van der Waals surface area contributed by atoms with Crippen molar-refractivity contribution in [2.45, 2.75) is 13.3 Å². The van der Waals surface area contributed by atoms with Crippen molar-refractivity contribution in [3.8, 4) is 5.88 Å². The Labute approximate surface area is 182 Å². The number of aryl methyl sites for hydroxylation is 1. The number of hydrazone groups is 1. The maximum Gasteiger partial charge on any atom is 0.215 e. The Bertz CT molecular complexity index is 1000. The highest BCUT2D eigenvalue weighted by Crippen LogP contribution is 2.22. The minimum Gasteiger partial charge on any atom is -0.477 e. The normalized spacial score (nSPS) is 14.0. The number of ether oxygens (including phenoxy) is 2. The van der Waals surface area contributed by atoms with Gasteiger partial charge in [0.25, 0.3) is 0 Å². The van der Waals surface area contributed by atoms with E-state index < -0.39 is 0 Å². The van der Waals surface area contributed by atoms with Gasteiger partial charge in [0.15, 0.2) is 0 Å². The number of nitrogens with one attached hydrogen (secondary N) is 1. The smallest absolute Gasteiger partial charge is 0.215 e. The van der Waals surface area contributed by atoms with E-state index in [1.807, 2.05) is 48.5 Å². The van der Waals surface area contributed by atoms with Crippen LogP contribution < -0.4 is 15.1 Å². The zero-order valence-electron chi connectivity index (χ0n) is 17.7. The Morgan fingerprint density at radius 2 is 2.03 bits per heavy atom. The molecule has 1 saturated heterocycles. The molecule has 1 fully saturated rings. The van der Waals surface area contributed by atoms with E-state index in [1.54, 1.807) is 12.4 Å². The van der Waals surface area contributed by atoms with Crippen molar-refractivity contribution >= 4 is 17.6 Å². The Balaban J connectivity index is 1.47. The largest absolute Gasteiger partial charge is 0.477 e. The number of anilines is 2. The van der Waals surface area contributed by atoms with E-state index in [0.717, 1.165) is 55.5 Å². The second-order valence-electron chi connectivity index (χ2n) is 7.35. The number of hydrogen-bond acceptors (Lipinski definition) is 7. The van der Waals surface area contributed by atoms with E-state index in [0.29, 0.717) is 12.5 Å². The van der Waals surface area contributed by atoms with E-state index in [9.17, 15) is 0 Å². The number of nitrogens with zero attached hydrogens (tertiary/aromatic N) is 4. The monoisotopic (exact) mass is 417 g/mol. The Morgan fingerprint density at radius 1 is 1.13 bits per heavy atom. The first-order valence-electron chi connectivity index (χ1n) is 10.5. The summed E-state index contributed by atoms with van der Waals surface area (Å²) in [6, 6.07) is 18.0. The van der Waals surface area contributed by atoms with Crippen LogP contribution in [0.1, 0.15) is 17.0 Å². The summed E-state index contributed by atoms with van der Waals surface area (Å²) in [6.07, 6.45) is 4.24. The average Bonchev–Trinajstić information content (AvgIpc) is 2.80. The van der Waals surface area contributed by atoms with Crippen LogP contribution in [0.2, 0.25) is 0 Å². The van der Waals surface area contributed by atoms with Gasteiger partial charge in [-0.2, -0.15) is 5.10 Å². The molecule has 1 N–H and O–H groups in total. The minimum atomic E-state index is 0.509. The number of pyridine rings is 2. The molecule has 1 aliphatic heterocycles. The van der Waals surface area contributed by atoms with Gasteiger partial charge in [0.1, 0.15) is 0 Å². The van der Waals surface area contributed by atoms with Gasteiger partial charge in [-0.1, -0.05) is 18.2 Å². The molecular formula is C24H27N5O2. The predicted molar refractivity (Wildman–Crippen MR) is 123 cm³/mol. The topological polar surface area (TPSA) is 71.9 Å².